The summed E-state index contributed by atoms with van der Waals surface area (Å²) in [4.78, 5) is 36.1. The van der Waals surface area contributed by atoms with Crippen LogP contribution in [0, 0.1) is 18.6 Å². The number of aryl methyl sites for hydroxylation is 1. The highest BCUT2D eigenvalue weighted by molar-refractivity contribution is 6.32. The van der Waals surface area contributed by atoms with E-state index in [1.165, 1.54) is 32.2 Å². The molecule has 1 atom stereocenters. The highest BCUT2D eigenvalue weighted by atomic mass is 35.5. The molecule has 11 nitrogen and oxygen atoms in total. The Balaban J connectivity index is 1.86. The van der Waals surface area contributed by atoms with Crippen LogP contribution < -0.4 is 19.9 Å². The lowest BCUT2D eigenvalue weighted by Crippen LogP contribution is -2.21. The molecule has 0 saturated heterocycles. The minimum absolute atomic E-state index is 0.00700. The summed E-state index contributed by atoms with van der Waals surface area (Å²) in [5.74, 6) is -2.56. The predicted octanol–water partition coefficient (Wildman–Crippen LogP) is 2.87. The third kappa shape index (κ3) is 5.55. The van der Waals surface area contributed by atoms with Crippen molar-refractivity contribution in [2.45, 2.75) is 26.6 Å². The van der Waals surface area contributed by atoms with Crippen molar-refractivity contribution in [2.75, 3.05) is 20.3 Å². The smallest absolute Gasteiger partial charge is 0.332 e. The highest BCUT2D eigenvalue weighted by Crippen LogP contribution is 2.37. The van der Waals surface area contributed by atoms with Crippen molar-refractivity contribution in [1.82, 2.24) is 19.5 Å². The van der Waals surface area contributed by atoms with E-state index in [0.717, 1.165) is 10.6 Å². The van der Waals surface area contributed by atoms with Gasteiger partial charge in [-0.15, -0.1) is 0 Å². The Hall–Kier alpha value is -4.07. The van der Waals surface area contributed by atoms with E-state index in [4.69, 9.17) is 30.9 Å². The second-order valence-corrected chi connectivity index (χ2v) is 8.78. The van der Waals surface area contributed by atoms with Gasteiger partial charge in [0.1, 0.15) is 42.1 Å². The predicted molar refractivity (Wildman–Crippen MR) is 135 cm³/mol. The van der Waals surface area contributed by atoms with Gasteiger partial charge in [0.05, 0.1) is 30.0 Å². The molecular weight excluding hydrogens is 542 g/mol. The minimum Gasteiger partial charge on any atom is -0.496 e. The summed E-state index contributed by atoms with van der Waals surface area (Å²) in [6, 6.07) is 4.72. The van der Waals surface area contributed by atoms with E-state index in [2.05, 4.69) is 15.0 Å². The van der Waals surface area contributed by atoms with Gasteiger partial charge in [0.2, 0.25) is 0 Å². The number of nitrogens with one attached hydrogen (secondary N) is 1. The molecule has 0 spiro atoms. The molecule has 206 valence electrons. The molecule has 4 rings (SSSR count). The van der Waals surface area contributed by atoms with E-state index < -0.39 is 42.4 Å². The Bertz CT molecular complexity index is 1620. The molecule has 0 bridgehead atoms. The van der Waals surface area contributed by atoms with Gasteiger partial charge in [-0.25, -0.2) is 28.1 Å². The van der Waals surface area contributed by atoms with Gasteiger partial charge in [0.25, 0.3) is 0 Å². The number of aromatic nitrogens is 4. The molecule has 4 aromatic rings. The number of fused-ring (bicyclic) bond motifs is 1. The van der Waals surface area contributed by atoms with Crippen LogP contribution in [0.2, 0.25) is 5.02 Å². The fourth-order valence-corrected chi connectivity index (χ4v) is 4.02. The lowest BCUT2D eigenvalue weighted by Gasteiger charge is -2.18. The summed E-state index contributed by atoms with van der Waals surface area (Å²) in [7, 11) is 1.28. The van der Waals surface area contributed by atoms with Crippen LogP contribution in [0.25, 0.3) is 16.9 Å². The number of carbonyl (C=O) groups is 1. The lowest BCUT2D eigenvalue weighted by molar-refractivity contribution is 0.0523. The van der Waals surface area contributed by atoms with Crippen LogP contribution in [-0.4, -0.2) is 61.9 Å². The van der Waals surface area contributed by atoms with Crippen molar-refractivity contribution in [2.24, 2.45) is 0 Å². The van der Waals surface area contributed by atoms with Gasteiger partial charge < -0.3 is 29.4 Å². The number of imidazole rings is 1. The van der Waals surface area contributed by atoms with Crippen molar-refractivity contribution in [3.63, 3.8) is 0 Å². The maximum absolute atomic E-state index is 14.5. The molecule has 14 heteroatoms. The van der Waals surface area contributed by atoms with Gasteiger partial charge >= 0.3 is 5.69 Å². The van der Waals surface area contributed by atoms with Gasteiger partial charge in [0.15, 0.2) is 34.6 Å². The first-order valence-corrected chi connectivity index (χ1v) is 11.8. The monoisotopic (exact) mass is 564 g/mol. The molecule has 0 fully saturated rings. The number of ketones is 1. The second-order valence-electron chi connectivity index (χ2n) is 8.37. The Morgan fingerprint density at radius 1 is 1.18 bits per heavy atom. The molecule has 2 heterocycles. The molecular formula is C25H23ClF2N4O7. The zero-order valence-corrected chi connectivity index (χ0v) is 21.7. The maximum Gasteiger partial charge on any atom is 0.332 e. The number of hydrogen-bond donors (Lipinski definition) is 3. The average Bonchev–Trinajstić information content (AvgIpc) is 3.23. The molecule has 2 aromatic carbocycles. The molecule has 0 aliphatic heterocycles. The number of rotatable bonds is 10. The fourth-order valence-electron chi connectivity index (χ4n) is 3.78. The van der Waals surface area contributed by atoms with Gasteiger partial charge in [-0.2, -0.15) is 0 Å². The van der Waals surface area contributed by atoms with E-state index in [-0.39, 0.29) is 62.8 Å². The number of aromatic amines is 1. The first kappa shape index (κ1) is 28.0. The number of hydrogen-bond acceptors (Lipinski definition) is 9. The van der Waals surface area contributed by atoms with E-state index in [1.807, 2.05) is 0 Å². The molecule has 39 heavy (non-hydrogen) atoms. The third-order valence-corrected chi connectivity index (χ3v) is 5.93. The summed E-state index contributed by atoms with van der Waals surface area (Å²) < 4.78 is 46.0. The van der Waals surface area contributed by atoms with Crippen molar-refractivity contribution in [3.8, 4) is 22.9 Å². The van der Waals surface area contributed by atoms with E-state index in [9.17, 15) is 23.5 Å². The number of Topliss-reactive ketones (excluding diaryl/α,β-unsaturated/α-hetero) is 1. The van der Waals surface area contributed by atoms with Crippen LogP contribution >= 0.6 is 11.6 Å². The number of carbonyl (C=O) groups excluding carboxylic acids is 1. The number of ether oxygens (including phenoxy) is 3. The fraction of sp³-hybridized carbons (Fsp3) is 0.280. The standard InChI is InChI=1S/C25H23ClF2N4O7/c1-11(34)22-23-24(30-12(2)29-22)32(25(36)31-23)17-7-20(19(6-15(17)26)38-9-13(35)8-33)39-10-14-18(37-3)5-4-16(27)21(14)28/h4-7,13,33,35H,8-10H2,1-3H3,(H,31,36). The molecule has 2 aromatic heterocycles. The van der Waals surface area contributed by atoms with Crippen molar-refractivity contribution >= 4 is 28.5 Å². The third-order valence-electron chi connectivity index (χ3n) is 5.62. The van der Waals surface area contributed by atoms with Crippen LogP contribution in [0.5, 0.6) is 17.2 Å². The summed E-state index contributed by atoms with van der Waals surface area (Å²) in [6.07, 6.45) is -1.24. The van der Waals surface area contributed by atoms with Gasteiger partial charge in [-0.3, -0.25) is 4.79 Å². The van der Waals surface area contributed by atoms with Gasteiger partial charge in [0, 0.05) is 19.1 Å². The number of benzene rings is 2. The Kier molecular flexibility index (Phi) is 8.14. The zero-order valence-electron chi connectivity index (χ0n) is 20.9. The highest BCUT2D eigenvalue weighted by Gasteiger charge is 2.23. The molecule has 0 aliphatic rings. The number of aliphatic hydroxyl groups is 2. The first-order chi connectivity index (χ1) is 18.5. The molecule has 3 N–H and O–H groups in total. The van der Waals surface area contributed by atoms with Gasteiger partial charge in [-0.1, -0.05) is 11.6 Å². The van der Waals surface area contributed by atoms with Crippen LogP contribution in [-0.2, 0) is 6.61 Å². The normalized spacial score (nSPS) is 12.0. The zero-order chi connectivity index (χ0) is 28.4. The van der Waals surface area contributed by atoms with E-state index >= 15 is 0 Å². The van der Waals surface area contributed by atoms with Crippen molar-refractivity contribution in [3.05, 3.63) is 68.5 Å². The molecule has 0 saturated carbocycles. The van der Waals surface area contributed by atoms with Crippen LogP contribution in [0.4, 0.5) is 8.78 Å². The number of H-pyrrole nitrogens is 1. The minimum atomic E-state index is -1.24. The summed E-state index contributed by atoms with van der Waals surface area (Å²) in [5, 5.41) is 18.8. The first-order valence-electron chi connectivity index (χ1n) is 11.4. The number of halogens is 3. The van der Waals surface area contributed by atoms with Crippen LogP contribution in [0.1, 0.15) is 28.8 Å². The number of aliphatic hydroxyl groups excluding tert-OH is 2. The Labute approximate surface area is 224 Å². The maximum atomic E-state index is 14.5. The quantitative estimate of drug-likeness (QED) is 0.247. The van der Waals surface area contributed by atoms with Crippen molar-refractivity contribution in [1.29, 1.82) is 0 Å². The number of nitrogens with zero attached hydrogens (tertiary/aromatic N) is 3. The summed E-state index contributed by atoms with van der Waals surface area (Å²) in [6.45, 7) is 1.37. The topological polar surface area (TPSA) is 149 Å². The average molecular weight is 565 g/mol. The molecule has 0 amide bonds. The van der Waals surface area contributed by atoms with E-state index in [1.54, 1.807) is 6.92 Å². The SMILES string of the molecule is COc1ccc(F)c(F)c1COc1cc(-n2c(=O)[nH]c3c(C(C)=O)nc(C)nc32)c(Cl)cc1OCC(O)CO. The van der Waals surface area contributed by atoms with E-state index in [0.29, 0.717) is 0 Å². The van der Waals surface area contributed by atoms with Gasteiger partial charge in [-0.05, 0) is 19.1 Å². The lowest BCUT2D eigenvalue weighted by atomic mass is 10.2. The second kappa shape index (κ2) is 11.4. The van der Waals surface area contributed by atoms with Crippen LogP contribution in [0.3, 0.4) is 0 Å². The molecule has 0 radical (unpaired) electrons. The number of methoxy groups -OCH3 is 1. The molecule has 1 unspecified atom stereocenters. The van der Waals surface area contributed by atoms with Crippen molar-refractivity contribution < 1.29 is 38.0 Å². The summed E-state index contributed by atoms with van der Waals surface area (Å²) in [5.41, 5.74) is -0.705. The van der Waals surface area contributed by atoms with Crippen LogP contribution in [0.15, 0.2) is 29.1 Å². The summed E-state index contributed by atoms with van der Waals surface area (Å²) >= 11 is 6.51. The Morgan fingerprint density at radius 3 is 2.56 bits per heavy atom. The largest absolute Gasteiger partial charge is 0.496 e. The Morgan fingerprint density at radius 2 is 1.90 bits per heavy atom. The molecule has 0 aliphatic carbocycles.